The molecular weight excluding hydrogens is 385 g/mol. The molecule has 1 amide bonds. The Kier molecular flexibility index (Phi) is 5.81. The number of carbonyl (C=O) groups is 1. The van der Waals surface area contributed by atoms with Crippen LogP contribution in [0.4, 0.5) is 4.39 Å². The van der Waals surface area contributed by atoms with Crippen LogP contribution in [0.5, 0.6) is 5.75 Å². The lowest BCUT2D eigenvalue weighted by Crippen LogP contribution is -2.23. The second-order valence-electron chi connectivity index (χ2n) is 7.58. The van der Waals surface area contributed by atoms with Crippen LogP contribution in [0.25, 0.3) is 11.3 Å². The van der Waals surface area contributed by atoms with Crippen molar-refractivity contribution in [3.05, 3.63) is 71.2 Å². The summed E-state index contributed by atoms with van der Waals surface area (Å²) in [6.07, 6.45) is 4.16. The van der Waals surface area contributed by atoms with Crippen molar-refractivity contribution in [2.45, 2.75) is 37.8 Å². The van der Waals surface area contributed by atoms with E-state index in [1.807, 2.05) is 30.5 Å². The molecule has 30 heavy (non-hydrogen) atoms. The summed E-state index contributed by atoms with van der Waals surface area (Å²) in [5, 5.41) is 20.1. The first-order valence-electron chi connectivity index (χ1n) is 9.98. The number of benzene rings is 2. The molecule has 3 aromatic rings. The summed E-state index contributed by atoms with van der Waals surface area (Å²) in [5.41, 5.74) is 3.98. The van der Waals surface area contributed by atoms with Crippen molar-refractivity contribution in [1.29, 1.82) is 0 Å². The van der Waals surface area contributed by atoms with E-state index in [1.54, 1.807) is 0 Å². The van der Waals surface area contributed by atoms with Gasteiger partial charge in [-0.2, -0.15) is 5.10 Å². The molecule has 1 fully saturated rings. The molecule has 3 N–H and O–H groups in total. The average Bonchev–Trinajstić information content (AvgIpc) is 3.41. The van der Waals surface area contributed by atoms with Crippen molar-refractivity contribution >= 4 is 5.91 Å². The number of ether oxygens (including phenoxy) is 1. The minimum Gasteiger partial charge on any atom is -0.496 e. The normalized spacial score (nSPS) is 18.4. The molecular formula is C23H24FN3O3. The van der Waals surface area contributed by atoms with Crippen LogP contribution in [-0.2, 0) is 6.54 Å². The molecule has 2 unspecified atom stereocenters. The van der Waals surface area contributed by atoms with Crippen LogP contribution in [-0.4, -0.2) is 34.4 Å². The van der Waals surface area contributed by atoms with Gasteiger partial charge < -0.3 is 15.2 Å². The first-order chi connectivity index (χ1) is 14.5. The fourth-order valence-corrected chi connectivity index (χ4v) is 4.05. The smallest absolute Gasteiger partial charge is 0.255 e. The van der Waals surface area contributed by atoms with Crippen LogP contribution in [0.15, 0.2) is 48.7 Å². The van der Waals surface area contributed by atoms with Crippen molar-refractivity contribution in [2.24, 2.45) is 0 Å². The largest absolute Gasteiger partial charge is 0.496 e. The van der Waals surface area contributed by atoms with Crippen LogP contribution >= 0.6 is 0 Å². The first kappa shape index (κ1) is 20.1. The van der Waals surface area contributed by atoms with Gasteiger partial charge in [-0.1, -0.05) is 18.2 Å². The predicted molar refractivity (Wildman–Crippen MR) is 111 cm³/mol. The number of aromatic nitrogens is 2. The number of aliphatic hydroxyl groups excluding tert-OH is 1. The zero-order valence-corrected chi connectivity index (χ0v) is 16.7. The molecule has 1 saturated carbocycles. The molecule has 0 radical (unpaired) electrons. The molecule has 0 aliphatic heterocycles. The summed E-state index contributed by atoms with van der Waals surface area (Å²) in [7, 11) is 1.44. The number of amides is 1. The monoisotopic (exact) mass is 409 g/mol. The Balaban J connectivity index is 1.50. The Labute approximate surface area is 174 Å². The molecule has 0 bridgehead atoms. The highest BCUT2D eigenvalue weighted by Gasteiger charge is 2.27. The van der Waals surface area contributed by atoms with Gasteiger partial charge in [0.15, 0.2) is 0 Å². The third-order valence-electron chi connectivity index (χ3n) is 5.57. The molecule has 1 aromatic heterocycles. The van der Waals surface area contributed by atoms with Crippen LogP contribution in [0.1, 0.15) is 46.7 Å². The Bertz CT molecular complexity index is 1050. The van der Waals surface area contributed by atoms with Gasteiger partial charge in [0.25, 0.3) is 5.91 Å². The Morgan fingerprint density at radius 1 is 1.30 bits per heavy atom. The van der Waals surface area contributed by atoms with Crippen molar-refractivity contribution in [3.8, 4) is 17.0 Å². The van der Waals surface area contributed by atoms with Gasteiger partial charge in [0.1, 0.15) is 11.6 Å². The fourth-order valence-electron chi connectivity index (χ4n) is 4.05. The Morgan fingerprint density at radius 3 is 2.93 bits per heavy atom. The van der Waals surface area contributed by atoms with E-state index in [4.69, 9.17) is 4.74 Å². The number of H-pyrrole nitrogens is 1. The van der Waals surface area contributed by atoms with Crippen LogP contribution in [0.2, 0.25) is 0 Å². The highest BCUT2D eigenvalue weighted by atomic mass is 19.1. The molecule has 2 atom stereocenters. The number of nitrogens with one attached hydrogen (secondary N) is 2. The van der Waals surface area contributed by atoms with E-state index in [0.717, 1.165) is 47.7 Å². The van der Waals surface area contributed by atoms with Gasteiger partial charge in [0.05, 0.1) is 24.5 Å². The topological polar surface area (TPSA) is 87.2 Å². The van der Waals surface area contributed by atoms with Crippen LogP contribution in [0.3, 0.4) is 0 Å². The number of aromatic amines is 1. The van der Waals surface area contributed by atoms with Gasteiger partial charge in [0, 0.05) is 23.9 Å². The molecule has 7 heteroatoms. The molecule has 156 valence electrons. The maximum Gasteiger partial charge on any atom is 0.255 e. The van der Waals surface area contributed by atoms with Gasteiger partial charge in [0.2, 0.25) is 0 Å². The summed E-state index contributed by atoms with van der Waals surface area (Å²) in [4.78, 5) is 12.5. The number of aliphatic hydroxyl groups is 1. The SMILES string of the molecule is COc1ccc(F)cc1C(=O)NCc1cccc(-c2n[nH]cc2C2CCC(O)C2)c1. The van der Waals surface area contributed by atoms with E-state index in [2.05, 4.69) is 15.5 Å². The number of nitrogens with zero attached hydrogens (tertiary/aromatic N) is 1. The lowest BCUT2D eigenvalue weighted by molar-refractivity contribution is 0.0947. The van der Waals surface area contributed by atoms with Crippen molar-refractivity contribution in [2.75, 3.05) is 7.11 Å². The number of hydrogen-bond acceptors (Lipinski definition) is 4. The van der Waals surface area contributed by atoms with Crippen LogP contribution in [0, 0.1) is 5.82 Å². The van der Waals surface area contributed by atoms with Gasteiger partial charge in [-0.25, -0.2) is 4.39 Å². The number of halogens is 1. The third kappa shape index (κ3) is 4.21. The van der Waals surface area contributed by atoms with Crippen molar-refractivity contribution < 1.29 is 19.0 Å². The quantitative estimate of drug-likeness (QED) is 0.578. The standard InChI is InChI=1S/C23H24FN3O3/c1-30-21-8-6-17(24)11-19(21)23(29)25-12-14-3-2-4-16(9-14)22-20(13-26-27-22)15-5-7-18(28)10-15/h2-4,6,8-9,11,13,15,18,28H,5,7,10,12H2,1H3,(H,25,29)(H,26,27). The lowest BCUT2D eigenvalue weighted by Gasteiger charge is -2.12. The number of methoxy groups -OCH3 is 1. The van der Waals surface area contributed by atoms with E-state index < -0.39 is 11.7 Å². The number of carbonyl (C=O) groups excluding carboxylic acids is 1. The Hall–Kier alpha value is -3.19. The molecule has 0 saturated heterocycles. The molecule has 1 heterocycles. The van der Waals surface area contributed by atoms with Gasteiger partial charge in [-0.05, 0) is 55.0 Å². The summed E-state index contributed by atoms with van der Waals surface area (Å²) < 4.78 is 18.7. The van der Waals surface area contributed by atoms with Crippen molar-refractivity contribution in [3.63, 3.8) is 0 Å². The summed E-state index contributed by atoms with van der Waals surface area (Å²) in [5.74, 6) is -0.289. The fraction of sp³-hybridized carbons (Fsp3) is 0.304. The summed E-state index contributed by atoms with van der Waals surface area (Å²) >= 11 is 0. The highest BCUT2D eigenvalue weighted by molar-refractivity contribution is 5.96. The molecule has 1 aliphatic carbocycles. The average molecular weight is 409 g/mol. The maximum atomic E-state index is 13.5. The molecule has 4 rings (SSSR count). The zero-order valence-electron chi connectivity index (χ0n) is 16.7. The van der Waals surface area contributed by atoms with Gasteiger partial charge in [-0.15, -0.1) is 0 Å². The third-order valence-corrected chi connectivity index (χ3v) is 5.57. The maximum absolute atomic E-state index is 13.5. The first-order valence-corrected chi connectivity index (χ1v) is 9.98. The van der Waals surface area contributed by atoms with E-state index in [1.165, 1.54) is 19.2 Å². The molecule has 2 aromatic carbocycles. The molecule has 1 aliphatic rings. The summed E-state index contributed by atoms with van der Waals surface area (Å²) in [6.45, 7) is 0.286. The second-order valence-corrected chi connectivity index (χ2v) is 7.58. The van der Waals surface area contributed by atoms with E-state index in [-0.39, 0.29) is 24.1 Å². The molecule has 0 spiro atoms. The lowest BCUT2D eigenvalue weighted by atomic mass is 9.94. The zero-order chi connectivity index (χ0) is 21.1. The Morgan fingerprint density at radius 2 is 2.17 bits per heavy atom. The highest BCUT2D eigenvalue weighted by Crippen LogP contribution is 2.38. The van der Waals surface area contributed by atoms with Crippen LogP contribution < -0.4 is 10.1 Å². The second kappa shape index (κ2) is 8.67. The number of rotatable bonds is 6. The molecule has 6 nitrogen and oxygen atoms in total. The van der Waals surface area contributed by atoms with E-state index in [9.17, 15) is 14.3 Å². The van der Waals surface area contributed by atoms with E-state index >= 15 is 0 Å². The predicted octanol–water partition coefficient (Wildman–Crippen LogP) is 3.78. The van der Waals surface area contributed by atoms with Gasteiger partial charge in [-0.3, -0.25) is 9.89 Å². The van der Waals surface area contributed by atoms with Crippen molar-refractivity contribution in [1.82, 2.24) is 15.5 Å². The minimum absolute atomic E-state index is 0.156. The van der Waals surface area contributed by atoms with Gasteiger partial charge >= 0.3 is 0 Å². The number of hydrogen-bond donors (Lipinski definition) is 3. The van der Waals surface area contributed by atoms with E-state index in [0.29, 0.717) is 5.75 Å². The minimum atomic E-state index is -0.494. The summed E-state index contributed by atoms with van der Waals surface area (Å²) in [6, 6.07) is 11.6.